The van der Waals surface area contributed by atoms with Crippen LogP contribution in [0.3, 0.4) is 0 Å². The summed E-state index contributed by atoms with van der Waals surface area (Å²) in [4.78, 5) is 12.6. The summed E-state index contributed by atoms with van der Waals surface area (Å²) in [6.07, 6.45) is 0. The lowest BCUT2D eigenvalue weighted by Crippen LogP contribution is -2.08. The number of fused-ring (bicyclic) bond motifs is 1. The van der Waals surface area contributed by atoms with Gasteiger partial charge in [-0.2, -0.15) is 0 Å². The third-order valence-corrected chi connectivity index (χ3v) is 3.28. The Hall–Kier alpha value is -2.95. The molecule has 0 aliphatic heterocycles. The van der Waals surface area contributed by atoms with Gasteiger partial charge in [0.2, 0.25) is 11.3 Å². The van der Waals surface area contributed by atoms with Crippen LogP contribution in [0.15, 0.2) is 51.7 Å². The summed E-state index contributed by atoms with van der Waals surface area (Å²) in [6.45, 7) is 0. The predicted molar refractivity (Wildman–Crippen MR) is 80.5 cm³/mol. The van der Waals surface area contributed by atoms with Crippen molar-refractivity contribution >= 4 is 16.9 Å². The first-order valence-electron chi connectivity index (χ1n) is 6.30. The van der Waals surface area contributed by atoms with Gasteiger partial charge in [-0.3, -0.25) is 4.79 Å². The van der Waals surface area contributed by atoms with E-state index in [1.165, 1.54) is 19.2 Å². The maximum absolute atomic E-state index is 12.6. The Morgan fingerprint density at radius 2 is 1.86 bits per heavy atom. The van der Waals surface area contributed by atoms with Crippen LogP contribution in [-0.2, 0) is 0 Å². The van der Waals surface area contributed by atoms with Crippen LogP contribution in [0.5, 0.6) is 11.5 Å². The molecular formula is C16H13NO4. The van der Waals surface area contributed by atoms with E-state index in [1.807, 2.05) is 0 Å². The molecule has 0 atom stereocenters. The molecule has 0 bridgehead atoms. The Morgan fingerprint density at radius 1 is 1.14 bits per heavy atom. The van der Waals surface area contributed by atoms with Gasteiger partial charge in [0.1, 0.15) is 17.1 Å². The van der Waals surface area contributed by atoms with Gasteiger partial charge in [0.05, 0.1) is 18.1 Å². The topological polar surface area (TPSA) is 85.7 Å². The molecule has 0 aliphatic rings. The highest BCUT2D eigenvalue weighted by molar-refractivity contribution is 5.87. The molecule has 5 nitrogen and oxygen atoms in total. The number of anilines is 1. The van der Waals surface area contributed by atoms with Crippen molar-refractivity contribution in [1.29, 1.82) is 0 Å². The molecule has 0 saturated heterocycles. The summed E-state index contributed by atoms with van der Waals surface area (Å²) < 4.78 is 10.6. The zero-order chi connectivity index (χ0) is 15.0. The molecule has 0 spiro atoms. The van der Waals surface area contributed by atoms with Crippen molar-refractivity contribution < 1.29 is 14.3 Å². The van der Waals surface area contributed by atoms with Crippen molar-refractivity contribution in [2.45, 2.75) is 0 Å². The predicted octanol–water partition coefficient (Wildman–Crippen LogP) is 2.76. The first kappa shape index (κ1) is 13.1. The number of nitrogen functional groups attached to an aromatic ring is 1. The van der Waals surface area contributed by atoms with Crippen molar-refractivity contribution in [3.63, 3.8) is 0 Å². The first-order chi connectivity index (χ1) is 10.1. The van der Waals surface area contributed by atoms with E-state index in [2.05, 4.69) is 0 Å². The normalized spacial score (nSPS) is 10.7. The van der Waals surface area contributed by atoms with Crippen molar-refractivity contribution in [2.24, 2.45) is 0 Å². The molecule has 3 N–H and O–H groups in total. The summed E-state index contributed by atoms with van der Waals surface area (Å²) >= 11 is 0. The summed E-state index contributed by atoms with van der Waals surface area (Å²) in [5.74, 6) is 0.737. The van der Waals surface area contributed by atoms with Crippen molar-refractivity contribution in [1.82, 2.24) is 0 Å². The first-order valence-corrected chi connectivity index (χ1v) is 6.30. The number of aromatic hydroxyl groups is 1. The lowest BCUT2D eigenvalue weighted by Gasteiger charge is -2.07. The van der Waals surface area contributed by atoms with E-state index in [1.54, 1.807) is 30.3 Å². The molecule has 3 rings (SSSR count). The SMILES string of the molecule is COc1ccc2c(=O)c(-c3ccc(O)cc3)c(N)oc2c1. The zero-order valence-electron chi connectivity index (χ0n) is 11.3. The number of hydrogen-bond acceptors (Lipinski definition) is 5. The molecule has 0 saturated carbocycles. The minimum Gasteiger partial charge on any atom is -0.508 e. The monoisotopic (exact) mass is 283 g/mol. The van der Waals surface area contributed by atoms with Gasteiger partial charge in [-0.1, -0.05) is 12.1 Å². The van der Waals surface area contributed by atoms with E-state index in [4.69, 9.17) is 14.9 Å². The molecule has 0 aliphatic carbocycles. The van der Waals surface area contributed by atoms with Crippen LogP contribution in [0.2, 0.25) is 0 Å². The molecule has 0 fully saturated rings. The average Bonchev–Trinajstić information content (AvgIpc) is 2.48. The van der Waals surface area contributed by atoms with E-state index in [0.29, 0.717) is 22.3 Å². The number of benzene rings is 2. The van der Waals surface area contributed by atoms with Crippen molar-refractivity contribution in [2.75, 3.05) is 12.8 Å². The van der Waals surface area contributed by atoms with E-state index in [9.17, 15) is 9.90 Å². The maximum Gasteiger partial charge on any atom is 0.202 e. The third-order valence-electron chi connectivity index (χ3n) is 3.28. The Kier molecular flexibility index (Phi) is 3.02. The standard InChI is InChI=1S/C16H13NO4/c1-20-11-6-7-12-13(8-11)21-16(17)14(15(12)19)9-2-4-10(18)5-3-9/h2-8,18H,17H2,1H3. The Balaban J connectivity index is 2.29. The van der Waals surface area contributed by atoms with Crippen LogP contribution < -0.4 is 15.9 Å². The van der Waals surface area contributed by atoms with Gasteiger partial charge in [-0.15, -0.1) is 0 Å². The summed E-state index contributed by atoms with van der Waals surface area (Å²) in [5.41, 5.74) is 6.91. The van der Waals surface area contributed by atoms with E-state index >= 15 is 0 Å². The van der Waals surface area contributed by atoms with E-state index < -0.39 is 0 Å². The zero-order valence-corrected chi connectivity index (χ0v) is 11.3. The van der Waals surface area contributed by atoms with Gasteiger partial charge < -0.3 is 20.0 Å². The molecule has 2 aromatic carbocycles. The second-order valence-electron chi connectivity index (χ2n) is 4.58. The number of hydrogen-bond donors (Lipinski definition) is 2. The molecule has 0 amide bonds. The van der Waals surface area contributed by atoms with Gasteiger partial charge in [-0.25, -0.2) is 0 Å². The maximum atomic E-state index is 12.6. The molecule has 21 heavy (non-hydrogen) atoms. The summed E-state index contributed by atoms with van der Waals surface area (Å²) in [6, 6.07) is 11.2. The van der Waals surface area contributed by atoms with E-state index in [-0.39, 0.29) is 22.6 Å². The number of ether oxygens (including phenoxy) is 1. The number of phenols is 1. The molecule has 5 heteroatoms. The van der Waals surface area contributed by atoms with Crippen LogP contribution in [-0.4, -0.2) is 12.2 Å². The molecule has 1 aromatic heterocycles. The minimum atomic E-state index is -0.220. The highest BCUT2D eigenvalue weighted by Gasteiger charge is 2.14. The van der Waals surface area contributed by atoms with E-state index in [0.717, 1.165) is 0 Å². The Morgan fingerprint density at radius 3 is 2.52 bits per heavy atom. The van der Waals surface area contributed by atoms with Gasteiger partial charge in [0, 0.05) is 6.07 Å². The van der Waals surface area contributed by atoms with Crippen molar-refractivity contribution in [3.8, 4) is 22.6 Å². The number of methoxy groups -OCH3 is 1. The number of phenolic OH excluding ortho intramolecular Hbond substituents is 1. The summed E-state index contributed by atoms with van der Waals surface area (Å²) in [7, 11) is 1.54. The largest absolute Gasteiger partial charge is 0.508 e. The van der Waals surface area contributed by atoms with Gasteiger partial charge >= 0.3 is 0 Å². The fraction of sp³-hybridized carbons (Fsp3) is 0.0625. The van der Waals surface area contributed by atoms with Gasteiger partial charge in [0.25, 0.3) is 0 Å². The smallest absolute Gasteiger partial charge is 0.202 e. The molecule has 0 radical (unpaired) electrons. The van der Waals surface area contributed by atoms with Crippen molar-refractivity contribution in [3.05, 3.63) is 52.7 Å². The van der Waals surface area contributed by atoms with Crippen LogP contribution in [0, 0.1) is 0 Å². The Bertz CT molecular complexity index is 866. The van der Waals surface area contributed by atoms with Crippen LogP contribution in [0.1, 0.15) is 0 Å². The number of nitrogens with two attached hydrogens (primary N) is 1. The fourth-order valence-electron chi connectivity index (χ4n) is 2.22. The van der Waals surface area contributed by atoms with Gasteiger partial charge in [0.15, 0.2) is 0 Å². The van der Waals surface area contributed by atoms with Crippen LogP contribution >= 0.6 is 0 Å². The fourth-order valence-corrected chi connectivity index (χ4v) is 2.22. The quantitative estimate of drug-likeness (QED) is 0.755. The van der Waals surface area contributed by atoms with Crippen LogP contribution in [0.25, 0.3) is 22.1 Å². The molecule has 3 aromatic rings. The average molecular weight is 283 g/mol. The van der Waals surface area contributed by atoms with Gasteiger partial charge in [-0.05, 0) is 29.8 Å². The lowest BCUT2D eigenvalue weighted by molar-refractivity contribution is 0.414. The highest BCUT2D eigenvalue weighted by atomic mass is 16.5. The molecular weight excluding hydrogens is 270 g/mol. The summed E-state index contributed by atoms with van der Waals surface area (Å²) in [5, 5.41) is 9.75. The Labute approximate surface area is 120 Å². The third kappa shape index (κ3) is 2.18. The minimum absolute atomic E-state index is 0.0337. The number of rotatable bonds is 2. The molecule has 106 valence electrons. The molecule has 1 heterocycles. The lowest BCUT2D eigenvalue weighted by atomic mass is 10.0. The second kappa shape index (κ2) is 4.86. The molecule has 0 unspecified atom stereocenters. The second-order valence-corrected chi connectivity index (χ2v) is 4.58. The van der Waals surface area contributed by atoms with Crippen LogP contribution in [0.4, 0.5) is 5.88 Å². The highest BCUT2D eigenvalue weighted by Crippen LogP contribution is 2.29.